The monoisotopic (exact) mass is 358 g/mol. The first-order chi connectivity index (χ1) is 10.5. The van der Waals surface area contributed by atoms with Gasteiger partial charge in [-0.05, 0) is 25.8 Å². The number of nitrogens with one attached hydrogen (secondary N) is 1. The summed E-state index contributed by atoms with van der Waals surface area (Å²) in [5, 5.41) is 11.2. The molecule has 22 heavy (non-hydrogen) atoms. The van der Waals surface area contributed by atoms with Gasteiger partial charge in [0.05, 0.1) is 15.3 Å². The van der Waals surface area contributed by atoms with Crippen LogP contribution in [0.1, 0.15) is 31.6 Å². The van der Waals surface area contributed by atoms with Crippen molar-refractivity contribution in [1.29, 1.82) is 0 Å². The Kier molecular flexibility index (Phi) is 4.56. The first-order valence-electron chi connectivity index (χ1n) is 6.65. The summed E-state index contributed by atoms with van der Waals surface area (Å²) in [7, 11) is 0. The number of aromatic nitrogens is 3. The van der Waals surface area contributed by atoms with Crippen molar-refractivity contribution in [3.05, 3.63) is 28.2 Å². The van der Waals surface area contributed by atoms with Crippen LogP contribution in [-0.4, -0.2) is 26.3 Å². The molecule has 0 aromatic carbocycles. The normalized spacial score (nSPS) is 15.6. The van der Waals surface area contributed by atoms with Crippen LogP contribution >= 0.6 is 35.0 Å². The van der Waals surface area contributed by atoms with E-state index in [1.54, 1.807) is 6.92 Å². The van der Waals surface area contributed by atoms with Gasteiger partial charge >= 0.3 is 0 Å². The molecule has 2 aromatic heterocycles. The summed E-state index contributed by atoms with van der Waals surface area (Å²) in [5.74, 6) is 1.06. The van der Waals surface area contributed by atoms with Gasteiger partial charge < -0.3 is 9.73 Å². The van der Waals surface area contributed by atoms with Gasteiger partial charge in [0.25, 0.3) is 5.22 Å². The Morgan fingerprint density at radius 1 is 1.45 bits per heavy atom. The SMILES string of the molecule is C[C@H](Sc1nnc(C2CC2)o1)C(=O)Nc1ncc(Cl)cc1Cl. The van der Waals surface area contributed by atoms with Crippen molar-refractivity contribution in [2.45, 2.75) is 36.2 Å². The Balaban J connectivity index is 1.60. The smallest absolute Gasteiger partial charge is 0.277 e. The average Bonchev–Trinajstić information content (AvgIpc) is 3.22. The molecule has 2 heterocycles. The largest absolute Gasteiger partial charge is 0.416 e. The molecule has 116 valence electrons. The number of anilines is 1. The molecule has 1 aliphatic carbocycles. The molecular formula is C13H12Cl2N4O2S. The van der Waals surface area contributed by atoms with Crippen LogP contribution in [0.25, 0.3) is 0 Å². The third kappa shape index (κ3) is 3.71. The maximum absolute atomic E-state index is 12.2. The molecule has 1 N–H and O–H groups in total. The molecule has 0 bridgehead atoms. The molecule has 1 fully saturated rings. The third-order valence-corrected chi connectivity index (χ3v) is 4.47. The van der Waals surface area contributed by atoms with E-state index in [0.29, 0.717) is 22.1 Å². The van der Waals surface area contributed by atoms with Gasteiger partial charge in [0.1, 0.15) is 0 Å². The van der Waals surface area contributed by atoms with Crippen LogP contribution in [0.5, 0.6) is 0 Å². The summed E-state index contributed by atoms with van der Waals surface area (Å²) in [5.41, 5.74) is 0. The molecular weight excluding hydrogens is 347 g/mol. The minimum atomic E-state index is -0.430. The van der Waals surface area contributed by atoms with Gasteiger partial charge in [-0.25, -0.2) is 4.98 Å². The second-order valence-electron chi connectivity index (χ2n) is 4.91. The lowest BCUT2D eigenvalue weighted by atomic mass is 10.4. The van der Waals surface area contributed by atoms with Crippen molar-refractivity contribution in [3.8, 4) is 0 Å². The number of hydrogen-bond donors (Lipinski definition) is 1. The molecule has 0 unspecified atom stereocenters. The number of amides is 1. The first kappa shape index (κ1) is 15.6. The lowest BCUT2D eigenvalue weighted by molar-refractivity contribution is -0.115. The van der Waals surface area contributed by atoms with E-state index in [-0.39, 0.29) is 16.7 Å². The van der Waals surface area contributed by atoms with Crippen LogP contribution in [0.4, 0.5) is 5.82 Å². The molecule has 1 atom stereocenters. The van der Waals surface area contributed by atoms with E-state index in [4.69, 9.17) is 27.6 Å². The fourth-order valence-electron chi connectivity index (χ4n) is 1.69. The minimum absolute atomic E-state index is 0.257. The lowest BCUT2D eigenvalue weighted by Crippen LogP contribution is -2.23. The number of nitrogens with zero attached hydrogens (tertiary/aromatic N) is 3. The van der Waals surface area contributed by atoms with Crippen molar-refractivity contribution in [2.24, 2.45) is 0 Å². The van der Waals surface area contributed by atoms with Gasteiger partial charge in [-0.15, -0.1) is 10.2 Å². The first-order valence-corrected chi connectivity index (χ1v) is 8.28. The number of hydrogen-bond acceptors (Lipinski definition) is 6. The van der Waals surface area contributed by atoms with Crippen LogP contribution in [0.15, 0.2) is 21.9 Å². The molecule has 3 rings (SSSR count). The van der Waals surface area contributed by atoms with Gasteiger partial charge in [-0.2, -0.15) is 0 Å². The number of halogens is 2. The zero-order chi connectivity index (χ0) is 15.7. The molecule has 6 nitrogen and oxygen atoms in total. The Morgan fingerprint density at radius 3 is 2.91 bits per heavy atom. The van der Waals surface area contributed by atoms with Crippen LogP contribution < -0.4 is 5.32 Å². The number of carbonyl (C=O) groups excluding carboxylic acids is 1. The van der Waals surface area contributed by atoms with Crippen molar-refractivity contribution in [2.75, 3.05) is 5.32 Å². The fourth-order valence-corrected chi connectivity index (χ4v) is 2.81. The average molecular weight is 359 g/mol. The lowest BCUT2D eigenvalue weighted by Gasteiger charge is -2.10. The van der Waals surface area contributed by atoms with E-state index in [1.807, 2.05) is 0 Å². The highest BCUT2D eigenvalue weighted by atomic mass is 35.5. The van der Waals surface area contributed by atoms with E-state index in [1.165, 1.54) is 24.0 Å². The minimum Gasteiger partial charge on any atom is -0.416 e. The molecule has 0 spiro atoms. The molecule has 9 heteroatoms. The molecule has 0 aliphatic heterocycles. The summed E-state index contributed by atoms with van der Waals surface area (Å²) in [6.45, 7) is 1.74. The summed E-state index contributed by atoms with van der Waals surface area (Å²) < 4.78 is 5.52. The van der Waals surface area contributed by atoms with Crippen LogP contribution in [-0.2, 0) is 4.79 Å². The highest BCUT2D eigenvalue weighted by Crippen LogP contribution is 2.40. The van der Waals surface area contributed by atoms with Gasteiger partial charge in [0.15, 0.2) is 5.82 Å². The molecule has 0 radical (unpaired) electrons. The molecule has 2 aromatic rings. The standard InChI is InChI=1S/C13H12Cl2N4O2S/c1-6(22-13-19-18-12(21-13)7-2-3-7)11(20)17-10-9(15)4-8(14)5-16-10/h4-7H,2-3H2,1H3,(H,16,17,20)/t6-/m0/s1. The van der Waals surface area contributed by atoms with E-state index < -0.39 is 5.25 Å². The molecule has 1 saturated carbocycles. The summed E-state index contributed by atoms with van der Waals surface area (Å²) in [4.78, 5) is 16.1. The zero-order valence-corrected chi connectivity index (χ0v) is 13.9. The van der Waals surface area contributed by atoms with Crippen LogP contribution in [0.3, 0.4) is 0 Å². The zero-order valence-electron chi connectivity index (χ0n) is 11.5. The topological polar surface area (TPSA) is 80.9 Å². The Bertz CT molecular complexity index is 705. The van der Waals surface area contributed by atoms with Gasteiger partial charge in [-0.3, -0.25) is 4.79 Å². The van der Waals surface area contributed by atoms with Gasteiger partial charge in [0, 0.05) is 12.1 Å². The van der Waals surface area contributed by atoms with E-state index >= 15 is 0 Å². The quantitative estimate of drug-likeness (QED) is 0.819. The fraction of sp³-hybridized carbons (Fsp3) is 0.385. The molecule has 1 amide bonds. The summed E-state index contributed by atoms with van der Waals surface area (Å²) in [6, 6.07) is 1.52. The highest BCUT2D eigenvalue weighted by molar-refractivity contribution is 8.00. The number of pyridine rings is 1. The van der Waals surface area contributed by atoms with E-state index in [2.05, 4.69) is 20.5 Å². The van der Waals surface area contributed by atoms with E-state index in [0.717, 1.165) is 12.8 Å². The maximum atomic E-state index is 12.2. The van der Waals surface area contributed by atoms with Crippen LogP contribution in [0, 0.1) is 0 Å². The second kappa shape index (κ2) is 6.44. The maximum Gasteiger partial charge on any atom is 0.277 e. The Labute approximate surface area is 141 Å². The molecule has 0 saturated heterocycles. The number of rotatable bonds is 5. The van der Waals surface area contributed by atoms with Crippen LogP contribution in [0.2, 0.25) is 10.0 Å². The predicted molar refractivity (Wildman–Crippen MR) is 84.5 cm³/mol. The third-order valence-electron chi connectivity index (χ3n) is 3.04. The summed E-state index contributed by atoms with van der Waals surface area (Å²) in [6.07, 6.45) is 3.59. The van der Waals surface area contributed by atoms with E-state index in [9.17, 15) is 4.79 Å². The van der Waals surface area contributed by atoms with Crippen molar-refractivity contribution in [1.82, 2.24) is 15.2 Å². The predicted octanol–water partition coefficient (Wildman–Crippen LogP) is 3.77. The Morgan fingerprint density at radius 2 is 2.23 bits per heavy atom. The number of carbonyl (C=O) groups is 1. The second-order valence-corrected chi connectivity index (χ2v) is 7.05. The number of thioether (sulfide) groups is 1. The Hall–Kier alpha value is -1.31. The van der Waals surface area contributed by atoms with Crippen molar-refractivity contribution < 1.29 is 9.21 Å². The summed E-state index contributed by atoms with van der Waals surface area (Å²) >= 11 is 12.9. The van der Waals surface area contributed by atoms with Crippen molar-refractivity contribution >= 4 is 46.7 Å². The van der Waals surface area contributed by atoms with Crippen molar-refractivity contribution in [3.63, 3.8) is 0 Å². The highest BCUT2D eigenvalue weighted by Gasteiger charge is 2.30. The van der Waals surface area contributed by atoms with Gasteiger partial charge in [-0.1, -0.05) is 35.0 Å². The molecule has 1 aliphatic rings. The van der Waals surface area contributed by atoms with Gasteiger partial charge in [0.2, 0.25) is 11.8 Å².